The molecule has 0 saturated carbocycles. The number of nitrogens with zero attached hydrogens (tertiary/aromatic N) is 3. The number of aromatic nitrogens is 3. The standard InChI is InChI=1S/C7H5ClN4S/c8-5-6(4-1-2-13-12-4)10-3-11-7(5)9/h1-3H,(H2,9,10,11). The molecule has 2 heterocycles. The molecule has 13 heavy (non-hydrogen) atoms. The lowest BCUT2D eigenvalue weighted by molar-refractivity contribution is 1.17. The molecule has 0 aromatic carbocycles. The van der Waals surface area contributed by atoms with Crippen molar-refractivity contribution >= 4 is 29.0 Å². The Morgan fingerprint density at radius 1 is 1.38 bits per heavy atom. The fourth-order valence-electron chi connectivity index (χ4n) is 0.897. The van der Waals surface area contributed by atoms with Crippen LogP contribution in [0.1, 0.15) is 0 Å². The maximum atomic E-state index is 5.90. The van der Waals surface area contributed by atoms with E-state index in [0.717, 1.165) is 5.69 Å². The van der Waals surface area contributed by atoms with Crippen molar-refractivity contribution in [1.82, 2.24) is 14.3 Å². The van der Waals surface area contributed by atoms with Gasteiger partial charge >= 0.3 is 0 Å². The van der Waals surface area contributed by atoms with Crippen LogP contribution in [0.15, 0.2) is 17.8 Å². The van der Waals surface area contributed by atoms with Gasteiger partial charge in [0.15, 0.2) is 0 Å². The van der Waals surface area contributed by atoms with Crippen LogP contribution in [0, 0.1) is 0 Å². The van der Waals surface area contributed by atoms with Gasteiger partial charge in [0.2, 0.25) is 0 Å². The number of rotatable bonds is 1. The maximum absolute atomic E-state index is 5.90. The molecule has 0 fully saturated rings. The topological polar surface area (TPSA) is 64.7 Å². The molecule has 2 N–H and O–H groups in total. The zero-order valence-corrected chi connectivity index (χ0v) is 8.01. The third-order valence-corrected chi connectivity index (χ3v) is 2.43. The van der Waals surface area contributed by atoms with E-state index in [1.165, 1.54) is 17.9 Å². The van der Waals surface area contributed by atoms with Crippen molar-refractivity contribution in [2.45, 2.75) is 0 Å². The summed E-state index contributed by atoms with van der Waals surface area (Å²) >= 11 is 7.24. The first-order valence-electron chi connectivity index (χ1n) is 3.46. The quantitative estimate of drug-likeness (QED) is 0.784. The molecule has 2 aromatic heterocycles. The second-order valence-corrected chi connectivity index (χ2v) is 3.35. The van der Waals surface area contributed by atoms with E-state index in [1.807, 2.05) is 11.4 Å². The Labute approximate surface area is 83.6 Å². The summed E-state index contributed by atoms with van der Waals surface area (Å²) in [6, 6.07) is 1.83. The van der Waals surface area contributed by atoms with E-state index >= 15 is 0 Å². The lowest BCUT2D eigenvalue weighted by Crippen LogP contribution is -1.95. The highest BCUT2D eigenvalue weighted by molar-refractivity contribution is 7.03. The van der Waals surface area contributed by atoms with E-state index in [0.29, 0.717) is 10.7 Å². The van der Waals surface area contributed by atoms with Crippen molar-refractivity contribution in [2.24, 2.45) is 0 Å². The summed E-state index contributed by atoms with van der Waals surface area (Å²) in [7, 11) is 0. The Balaban J connectivity index is 2.59. The van der Waals surface area contributed by atoms with E-state index in [4.69, 9.17) is 17.3 Å². The van der Waals surface area contributed by atoms with Crippen LogP contribution in [0.25, 0.3) is 11.4 Å². The Morgan fingerprint density at radius 3 is 2.92 bits per heavy atom. The van der Waals surface area contributed by atoms with Gasteiger partial charge in [0, 0.05) is 5.38 Å². The van der Waals surface area contributed by atoms with Gasteiger partial charge in [0.25, 0.3) is 0 Å². The minimum atomic E-state index is 0.277. The first-order valence-corrected chi connectivity index (χ1v) is 4.67. The third kappa shape index (κ3) is 1.48. The highest BCUT2D eigenvalue weighted by Crippen LogP contribution is 2.27. The van der Waals surface area contributed by atoms with E-state index < -0.39 is 0 Å². The lowest BCUT2D eigenvalue weighted by atomic mass is 10.3. The number of nitrogen functional groups attached to an aromatic ring is 1. The molecule has 66 valence electrons. The molecule has 0 bridgehead atoms. The van der Waals surface area contributed by atoms with E-state index in [1.54, 1.807) is 0 Å². The number of hydrogen-bond donors (Lipinski definition) is 1. The summed E-state index contributed by atoms with van der Waals surface area (Å²) in [6.45, 7) is 0. The normalized spacial score (nSPS) is 10.2. The monoisotopic (exact) mass is 212 g/mol. The minimum absolute atomic E-state index is 0.277. The zero-order chi connectivity index (χ0) is 9.26. The average Bonchev–Trinajstić information content (AvgIpc) is 2.62. The molecule has 0 saturated heterocycles. The first kappa shape index (κ1) is 8.40. The minimum Gasteiger partial charge on any atom is -0.382 e. The van der Waals surface area contributed by atoms with Crippen LogP contribution in [0.3, 0.4) is 0 Å². The molecular formula is C7H5ClN4S. The molecule has 0 atom stereocenters. The molecule has 0 aliphatic rings. The van der Waals surface area contributed by atoms with Gasteiger partial charge < -0.3 is 5.73 Å². The fourth-order valence-corrected chi connectivity index (χ4v) is 1.60. The van der Waals surface area contributed by atoms with Gasteiger partial charge in [-0.1, -0.05) is 11.6 Å². The fraction of sp³-hybridized carbons (Fsp3) is 0. The Morgan fingerprint density at radius 2 is 2.23 bits per heavy atom. The highest BCUT2D eigenvalue weighted by atomic mass is 35.5. The van der Waals surface area contributed by atoms with Gasteiger partial charge in [0.1, 0.15) is 28.6 Å². The molecular weight excluding hydrogens is 208 g/mol. The summed E-state index contributed by atoms with van der Waals surface area (Å²) in [5.41, 5.74) is 6.82. The number of halogens is 1. The van der Waals surface area contributed by atoms with Gasteiger partial charge in [-0.05, 0) is 17.6 Å². The lowest BCUT2D eigenvalue weighted by Gasteiger charge is -2.00. The van der Waals surface area contributed by atoms with Crippen molar-refractivity contribution in [2.75, 3.05) is 5.73 Å². The Bertz CT molecular complexity index is 414. The molecule has 0 amide bonds. The number of nitrogens with two attached hydrogens (primary N) is 1. The van der Waals surface area contributed by atoms with Crippen LogP contribution in [0.2, 0.25) is 5.02 Å². The van der Waals surface area contributed by atoms with Crippen LogP contribution >= 0.6 is 23.1 Å². The van der Waals surface area contributed by atoms with Gasteiger partial charge in [-0.2, -0.15) is 4.37 Å². The Kier molecular flexibility index (Phi) is 2.12. The average molecular weight is 213 g/mol. The second-order valence-electron chi connectivity index (χ2n) is 2.31. The van der Waals surface area contributed by atoms with Crippen molar-refractivity contribution in [3.8, 4) is 11.4 Å². The molecule has 0 radical (unpaired) electrons. The van der Waals surface area contributed by atoms with Crippen molar-refractivity contribution in [3.63, 3.8) is 0 Å². The molecule has 2 rings (SSSR count). The maximum Gasteiger partial charge on any atom is 0.146 e. The summed E-state index contributed by atoms with van der Waals surface area (Å²) in [4.78, 5) is 7.76. The van der Waals surface area contributed by atoms with E-state index in [9.17, 15) is 0 Å². The van der Waals surface area contributed by atoms with Crippen LogP contribution in [0.5, 0.6) is 0 Å². The molecule has 0 aliphatic carbocycles. The molecule has 6 heteroatoms. The molecule has 4 nitrogen and oxygen atoms in total. The van der Waals surface area contributed by atoms with Crippen LogP contribution in [0.4, 0.5) is 5.82 Å². The van der Waals surface area contributed by atoms with Gasteiger partial charge in [0.05, 0.1) is 0 Å². The Hall–Kier alpha value is -1.20. The molecule has 0 spiro atoms. The van der Waals surface area contributed by atoms with Crippen LogP contribution in [-0.4, -0.2) is 14.3 Å². The predicted molar refractivity (Wildman–Crippen MR) is 52.6 cm³/mol. The van der Waals surface area contributed by atoms with Crippen LogP contribution in [-0.2, 0) is 0 Å². The summed E-state index contributed by atoms with van der Waals surface area (Å²) in [5, 5.41) is 2.21. The van der Waals surface area contributed by atoms with E-state index in [2.05, 4.69) is 14.3 Å². The van der Waals surface area contributed by atoms with Crippen molar-refractivity contribution in [1.29, 1.82) is 0 Å². The third-order valence-electron chi connectivity index (χ3n) is 1.50. The second kappa shape index (κ2) is 3.27. The van der Waals surface area contributed by atoms with Crippen molar-refractivity contribution in [3.05, 3.63) is 22.8 Å². The number of hydrogen-bond acceptors (Lipinski definition) is 5. The zero-order valence-electron chi connectivity index (χ0n) is 6.44. The number of anilines is 1. The molecule has 0 unspecified atom stereocenters. The van der Waals surface area contributed by atoms with E-state index in [-0.39, 0.29) is 5.82 Å². The first-order chi connectivity index (χ1) is 6.29. The SMILES string of the molecule is Nc1ncnc(-c2ccsn2)c1Cl. The van der Waals surface area contributed by atoms with Crippen LogP contribution < -0.4 is 5.73 Å². The van der Waals surface area contributed by atoms with Gasteiger partial charge in [-0.3, -0.25) is 0 Å². The smallest absolute Gasteiger partial charge is 0.146 e. The molecule has 2 aromatic rings. The largest absolute Gasteiger partial charge is 0.382 e. The highest BCUT2D eigenvalue weighted by Gasteiger charge is 2.09. The van der Waals surface area contributed by atoms with Gasteiger partial charge in [-0.15, -0.1) is 0 Å². The summed E-state index contributed by atoms with van der Waals surface area (Å²) in [5.74, 6) is 0.277. The van der Waals surface area contributed by atoms with Crippen molar-refractivity contribution < 1.29 is 0 Å². The van der Waals surface area contributed by atoms with Gasteiger partial charge in [-0.25, -0.2) is 9.97 Å². The predicted octanol–water partition coefficient (Wildman–Crippen LogP) is 1.84. The molecule has 0 aliphatic heterocycles. The summed E-state index contributed by atoms with van der Waals surface area (Å²) < 4.78 is 4.10. The summed E-state index contributed by atoms with van der Waals surface area (Å²) in [6.07, 6.45) is 1.37.